The molecule has 2 fully saturated rings. The molecule has 228 valence electrons. The number of halogens is 1. The van der Waals surface area contributed by atoms with Crippen molar-refractivity contribution < 1.29 is 13.9 Å². The van der Waals surface area contributed by atoms with Gasteiger partial charge in [-0.05, 0) is 37.2 Å². The van der Waals surface area contributed by atoms with Gasteiger partial charge in [-0.15, -0.1) is 0 Å². The molecule has 1 aromatic carbocycles. The molecule has 3 N–H and O–H groups in total. The number of nitriles is 1. The van der Waals surface area contributed by atoms with Crippen molar-refractivity contribution in [2.45, 2.75) is 90.6 Å². The molecule has 0 bridgehead atoms. The minimum absolute atomic E-state index is 0.0627. The number of fused-ring (bicyclic) bond motifs is 3. The lowest BCUT2D eigenvalue weighted by atomic mass is 9.84. The molecule has 11 heteroatoms. The van der Waals surface area contributed by atoms with E-state index in [0.717, 1.165) is 67.2 Å². The van der Waals surface area contributed by atoms with Crippen LogP contribution in [-0.4, -0.2) is 38.6 Å². The third-order valence-corrected chi connectivity index (χ3v) is 9.03. The van der Waals surface area contributed by atoms with Crippen LogP contribution in [0.4, 0.5) is 21.8 Å². The van der Waals surface area contributed by atoms with E-state index in [2.05, 4.69) is 47.0 Å². The summed E-state index contributed by atoms with van der Waals surface area (Å²) in [6.07, 6.45) is 14.3. The topological polar surface area (TPSA) is 135 Å². The van der Waals surface area contributed by atoms with Gasteiger partial charge >= 0.3 is 0 Å². The molecule has 2 aromatic heterocycles. The number of hydrogen-bond acceptors (Lipinski definition) is 8. The average molecular weight is 589 g/mol. The molecule has 3 heterocycles. The first-order valence-electron chi connectivity index (χ1n) is 15.3. The van der Waals surface area contributed by atoms with Crippen LogP contribution in [-0.2, 0) is 0 Å². The number of primary amides is 1. The van der Waals surface area contributed by atoms with Crippen LogP contribution in [0.5, 0.6) is 5.75 Å². The predicted octanol–water partition coefficient (Wildman–Crippen LogP) is 6.57. The molecule has 3 aromatic rings. The number of carbonyl (C=O) groups is 1. The first-order chi connectivity index (χ1) is 20.7. The molecular weight excluding hydrogens is 547 g/mol. The Balaban J connectivity index is 0.000000400. The lowest BCUT2D eigenvalue weighted by Gasteiger charge is -2.41. The van der Waals surface area contributed by atoms with E-state index in [1.165, 1.54) is 38.9 Å². The molecule has 10 nitrogen and oxygen atoms in total. The van der Waals surface area contributed by atoms with E-state index < -0.39 is 11.7 Å². The molecular formula is C32H41FN8O2. The van der Waals surface area contributed by atoms with Gasteiger partial charge in [0.25, 0.3) is 5.91 Å². The van der Waals surface area contributed by atoms with Gasteiger partial charge in [-0.3, -0.25) is 9.36 Å². The summed E-state index contributed by atoms with van der Waals surface area (Å²) in [6, 6.07) is 4.82. The van der Waals surface area contributed by atoms with Gasteiger partial charge < -0.3 is 20.7 Å². The van der Waals surface area contributed by atoms with Crippen LogP contribution >= 0.6 is 0 Å². The molecule has 2 aliphatic carbocycles. The van der Waals surface area contributed by atoms with Crippen molar-refractivity contribution in [1.82, 2.24) is 19.5 Å². The zero-order valence-corrected chi connectivity index (χ0v) is 25.4. The summed E-state index contributed by atoms with van der Waals surface area (Å²) in [7, 11) is 1.41. The van der Waals surface area contributed by atoms with Gasteiger partial charge in [-0.1, -0.05) is 59.3 Å². The second-order valence-electron chi connectivity index (χ2n) is 12.0. The van der Waals surface area contributed by atoms with Crippen molar-refractivity contribution in [3.05, 3.63) is 47.4 Å². The highest BCUT2D eigenvalue weighted by molar-refractivity contribution is 5.94. The molecule has 1 aliphatic heterocycles. The average Bonchev–Trinajstić information content (AvgIpc) is 3.69. The summed E-state index contributed by atoms with van der Waals surface area (Å²) in [5.41, 5.74) is 7.25. The van der Waals surface area contributed by atoms with Crippen LogP contribution < -0.4 is 20.7 Å². The van der Waals surface area contributed by atoms with Crippen LogP contribution in [0.25, 0.3) is 5.69 Å². The third kappa shape index (κ3) is 6.14. The molecule has 1 unspecified atom stereocenters. The van der Waals surface area contributed by atoms with E-state index in [9.17, 15) is 14.4 Å². The Morgan fingerprint density at radius 2 is 1.81 bits per heavy atom. The summed E-state index contributed by atoms with van der Waals surface area (Å²) in [5.74, 6) is 1.58. The van der Waals surface area contributed by atoms with E-state index in [1.807, 2.05) is 4.57 Å². The Morgan fingerprint density at radius 3 is 2.40 bits per heavy atom. The Morgan fingerprint density at radius 1 is 1.14 bits per heavy atom. The van der Waals surface area contributed by atoms with Gasteiger partial charge in [-0.25, -0.2) is 14.4 Å². The Hall–Kier alpha value is -4.20. The third-order valence-electron chi connectivity index (χ3n) is 9.03. The number of imidazole rings is 1. The largest absolute Gasteiger partial charge is 0.495 e. The van der Waals surface area contributed by atoms with Gasteiger partial charge in [0, 0.05) is 12.1 Å². The van der Waals surface area contributed by atoms with E-state index in [0.29, 0.717) is 5.69 Å². The molecule has 2 saturated carbocycles. The number of methoxy groups -OCH3 is 1. The maximum Gasteiger partial charge on any atom is 0.251 e. The van der Waals surface area contributed by atoms with Crippen LogP contribution in [0.1, 0.15) is 106 Å². The summed E-state index contributed by atoms with van der Waals surface area (Å²) in [6.45, 7) is 6.82. The minimum Gasteiger partial charge on any atom is -0.495 e. The van der Waals surface area contributed by atoms with Crippen molar-refractivity contribution in [2.24, 2.45) is 17.6 Å². The number of nitrogens with zero attached hydrogens (tertiary/aromatic N) is 6. The molecule has 1 amide bonds. The van der Waals surface area contributed by atoms with Crippen molar-refractivity contribution in [3.8, 4) is 17.5 Å². The lowest BCUT2D eigenvalue weighted by Crippen LogP contribution is -2.42. The molecule has 1 atom stereocenters. The number of amides is 1. The van der Waals surface area contributed by atoms with Crippen LogP contribution in [0, 0.1) is 29.0 Å². The maximum atomic E-state index is 14.5. The minimum atomic E-state index is -0.886. The number of rotatable bonds is 6. The molecule has 0 radical (unpaired) electrons. The number of carbonyl (C=O) groups excluding carboxylic acids is 1. The van der Waals surface area contributed by atoms with E-state index in [-0.39, 0.29) is 35.0 Å². The van der Waals surface area contributed by atoms with E-state index in [4.69, 9.17) is 15.5 Å². The monoisotopic (exact) mass is 588 g/mol. The Kier molecular flexibility index (Phi) is 9.14. The van der Waals surface area contributed by atoms with Crippen LogP contribution in [0.15, 0.2) is 24.7 Å². The maximum absolute atomic E-state index is 14.5. The highest BCUT2D eigenvalue weighted by atomic mass is 19.1. The molecule has 3 aliphatic rings. The number of ether oxygens (including phenoxy) is 1. The lowest BCUT2D eigenvalue weighted by molar-refractivity contribution is 0.0996. The summed E-state index contributed by atoms with van der Waals surface area (Å²) in [5, 5.41) is 12.7. The Labute approximate surface area is 252 Å². The predicted molar refractivity (Wildman–Crippen MR) is 163 cm³/mol. The summed E-state index contributed by atoms with van der Waals surface area (Å²) < 4.78 is 21.7. The first-order valence-corrected chi connectivity index (χ1v) is 15.3. The normalized spacial score (nSPS) is 21.2. The number of hydrogen-bond donors (Lipinski definition) is 2. The molecule has 0 saturated heterocycles. The summed E-state index contributed by atoms with van der Waals surface area (Å²) in [4.78, 5) is 27.4. The second-order valence-corrected chi connectivity index (χ2v) is 12.0. The quantitative estimate of drug-likeness (QED) is 0.330. The van der Waals surface area contributed by atoms with E-state index in [1.54, 1.807) is 12.5 Å². The highest BCUT2D eigenvalue weighted by Gasteiger charge is 2.39. The highest BCUT2D eigenvalue weighted by Crippen LogP contribution is 2.44. The van der Waals surface area contributed by atoms with Crippen molar-refractivity contribution in [2.75, 3.05) is 17.3 Å². The number of aromatic nitrogens is 4. The van der Waals surface area contributed by atoms with Crippen LogP contribution in [0.3, 0.4) is 0 Å². The van der Waals surface area contributed by atoms with E-state index >= 15 is 0 Å². The zero-order chi connectivity index (χ0) is 30.7. The number of nitrogens with one attached hydrogen (secondary N) is 1. The number of benzene rings is 1. The summed E-state index contributed by atoms with van der Waals surface area (Å²) >= 11 is 0. The van der Waals surface area contributed by atoms with Crippen molar-refractivity contribution in [3.63, 3.8) is 0 Å². The SMILES string of the molecule is CC1CCC(C)CC1.CCC1c2c(C#N)ncn2-c2cnc(Nc3cc(F)c(C(N)=O)cc3OC)nc2N1C1CCCC1. The first kappa shape index (κ1) is 30.3. The fraction of sp³-hybridized carbons (Fsp3) is 0.531. The zero-order valence-electron chi connectivity index (χ0n) is 25.4. The molecule has 0 spiro atoms. The second kappa shape index (κ2) is 13.0. The van der Waals surface area contributed by atoms with Gasteiger partial charge in [0.2, 0.25) is 5.95 Å². The molecule has 43 heavy (non-hydrogen) atoms. The van der Waals surface area contributed by atoms with Gasteiger partial charge in [0.1, 0.15) is 29.7 Å². The van der Waals surface area contributed by atoms with Gasteiger partial charge in [0.05, 0.1) is 36.3 Å². The Bertz CT molecular complexity index is 1490. The fourth-order valence-electron chi connectivity index (χ4n) is 6.58. The number of anilines is 3. The van der Waals surface area contributed by atoms with Crippen LogP contribution in [0.2, 0.25) is 0 Å². The van der Waals surface area contributed by atoms with Gasteiger partial charge in [-0.2, -0.15) is 10.2 Å². The number of nitrogens with two attached hydrogens (primary N) is 1. The van der Waals surface area contributed by atoms with Gasteiger partial charge in [0.15, 0.2) is 11.5 Å². The van der Waals surface area contributed by atoms with Crippen molar-refractivity contribution in [1.29, 1.82) is 5.26 Å². The van der Waals surface area contributed by atoms with Crippen molar-refractivity contribution >= 4 is 23.4 Å². The standard InChI is InChI=1S/C24H25FN8O2.C8H16/c1-3-18-21-17(10-26)29-12-32(21)19-11-28-24(31-23(19)33(18)13-6-4-5-7-13)30-16-9-15(25)14(22(27)34)8-20(16)35-2;1-7-3-5-8(2)6-4-7/h8-9,11-13,18H,3-7H2,1-2H3,(H2,27,34)(H,28,30,31);7-8H,3-6H2,1-2H3. The fourth-order valence-corrected chi connectivity index (χ4v) is 6.58. The smallest absolute Gasteiger partial charge is 0.251 e. The molecule has 6 rings (SSSR count).